The maximum Gasteiger partial charge on any atom is 0.296 e. The summed E-state index contributed by atoms with van der Waals surface area (Å²) in [5, 5.41) is 10.8. The summed E-state index contributed by atoms with van der Waals surface area (Å²) in [6, 6.07) is 12.7. The Morgan fingerprint density at radius 1 is 1.04 bits per heavy atom. The monoisotopic (exact) mass is 427 g/mol. The third-order valence-corrected chi connectivity index (χ3v) is 4.91. The first-order valence-electron chi connectivity index (χ1n) is 8.16. The van der Waals surface area contributed by atoms with Gasteiger partial charge in [0.05, 0.1) is 24.6 Å². The molecule has 0 radical (unpaired) electrons. The van der Waals surface area contributed by atoms with E-state index in [0.717, 1.165) is 4.47 Å². The minimum Gasteiger partial charge on any atom is -0.507 e. The molecule has 1 fully saturated rings. The van der Waals surface area contributed by atoms with Gasteiger partial charge >= 0.3 is 0 Å². The summed E-state index contributed by atoms with van der Waals surface area (Å²) in [5.74, 6) is -0.810. The highest BCUT2D eigenvalue weighted by atomic mass is 79.9. The topological polar surface area (TPSA) is 83.9 Å². The molecule has 1 N–H and O–H groups in total. The standard InChI is InChI=1S/C20H14BrNO5/c21-13-7-5-12(6-8-13)18(23)16-17(15-4-2-10-27-15)22(20(25)19(16)24)11-14-3-1-9-26-14/h1-10,17,23H,11H2/b18-16-. The first-order chi connectivity index (χ1) is 13.1. The minimum absolute atomic E-state index is 0.0103. The predicted molar refractivity (Wildman–Crippen MR) is 99.4 cm³/mol. The van der Waals surface area contributed by atoms with Gasteiger partial charge in [0, 0.05) is 10.0 Å². The van der Waals surface area contributed by atoms with Crippen molar-refractivity contribution in [3.05, 3.63) is 88.2 Å². The van der Waals surface area contributed by atoms with Crippen LogP contribution in [0.3, 0.4) is 0 Å². The fourth-order valence-electron chi connectivity index (χ4n) is 3.12. The second-order valence-corrected chi connectivity index (χ2v) is 6.94. The van der Waals surface area contributed by atoms with E-state index in [2.05, 4.69) is 15.9 Å². The zero-order valence-electron chi connectivity index (χ0n) is 14.0. The highest BCUT2D eigenvalue weighted by Crippen LogP contribution is 2.40. The number of hydrogen-bond donors (Lipinski definition) is 1. The van der Waals surface area contributed by atoms with Crippen molar-refractivity contribution in [2.75, 3.05) is 0 Å². The lowest BCUT2D eigenvalue weighted by Gasteiger charge is -2.22. The Bertz CT molecular complexity index is 1000. The first kappa shape index (κ1) is 17.4. The molecule has 1 aliphatic rings. The Kier molecular flexibility index (Phi) is 4.45. The molecule has 0 bridgehead atoms. The fourth-order valence-corrected chi connectivity index (χ4v) is 3.38. The zero-order valence-corrected chi connectivity index (χ0v) is 15.5. The normalized spacial score (nSPS) is 19.0. The summed E-state index contributed by atoms with van der Waals surface area (Å²) in [4.78, 5) is 26.8. The molecule has 7 heteroatoms. The summed E-state index contributed by atoms with van der Waals surface area (Å²) >= 11 is 3.33. The van der Waals surface area contributed by atoms with Gasteiger partial charge in [-0.3, -0.25) is 9.59 Å². The number of likely N-dealkylation sites (tertiary alicyclic amines) is 1. The van der Waals surface area contributed by atoms with Crippen LogP contribution in [0.5, 0.6) is 0 Å². The number of benzene rings is 1. The third kappa shape index (κ3) is 3.10. The number of hydrogen-bond acceptors (Lipinski definition) is 5. The average Bonchev–Trinajstić information content (AvgIpc) is 3.40. The zero-order chi connectivity index (χ0) is 19.0. The molecule has 3 heterocycles. The van der Waals surface area contributed by atoms with Crippen molar-refractivity contribution in [2.24, 2.45) is 0 Å². The molecule has 4 rings (SSSR count). The molecular formula is C20H14BrNO5. The highest BCUT2D eigenvalue weighted by molar-refractivity contribution is 9.10. The number of carbonyl (C=O) groups is 2. The number of amides is 1. The molecule has 2 aromatic heterocycles. The number of aliphatic hydroxyl groups is 1. The van der Waals surface area contributed by atoms with Crippen LogP contribution in [0.1, 0.15) is 23.1 Å². The number of ketones is 1. The van der Waals surface area contributed by atoms with Gasteiger partial charge in [0.1, 0.15) is 23.3 Å². The number of rotatable bonds is 4. The lowest BCUT2D eigenvalue weighted by Crippen LogP contribution is -2.28. The Balaban J connectivity index is 1.83. The molecule has 0 saturated carbocycles. The van der Waals surface area contributed by atoms with Crippen molar-refractivity contribution < 1.29 is 23.5 Å². The highest BCUT2D eigenvalue weighted by Gasteiger charge is 2.47. The summed E-state index contributed by atoms with van der Waals surface area (Å²) < 4.78 is 11.6. The van der Waals surface area contributed by atoms with Gasteiger partial charge in [-0.2, -0.15) is 0 Å². The smallest absolute Gasteiger partial charge is 0.296 e. The molecule has 1 amide bonds. The van der Waals surface area contributed by atoms with E-state index in [-0.39, 0.29) is 17.9 Å². The van der Waals surface area contributed by atoms with E-state index in [4.69, 9.17) is 8.83 Å². The van der Waals surface area contributed by atoms with Gasteiger partial charge in [0.15, 0.2) is 0 Å². The van der Waals surface area contributed by atoms with E-state index in [1.807, 2.05) is 0 Å². The molecular weight excluding hydrogens is 414 g/mol. The van der Waals surface area contributed by atoms with E-state index < -0.39 is 17.7 Å². The van der Waals surface area contributed by atoms with Gasteiger partial charge in [-0.15, -0.1) is 0 Å². The summed E-state index contributed by atoms with van der Waals surface area (Å²) in [7, 11) is 0. The Labute approximate surface area is 162 Å². The van der Waals surface area contributed by atoms with Gasteiger partial charge < -0.3 is 18.8 Å². The van der Waals surface area contributed by atoms with Gasteiger partial charge in [0.25, 0.3) is 11.7 Å². The number of carbonyl (C=O) groups excluding carboxylic acids is 2. The van der Waals surface area contributed by atoms with Crippen LogP contribution in [-0.4, -0.2) is 21.7 Å². The lowest BCUT2D eigenvalue weighted by atomic mass is 9.99. The maximum atomic E-state index is 12.7. The number of halogens is 1. The maximum absolute atomic E-state index is 12.7. The molecule has 0 aliphatic carbocycles. The second kappa shape index (κ2) is 6.92. The van der Waals surface area contributed by atoms with Crippen molar-refractivity contribution in [1.82, 2.24) is 4.90 Å². The number of aliphatic hydroxyl groups excluding tert-OH is 1. The molecule has 1 aromatic carbocycles. The van der Waals surface area contributed by atoms with E-state index in [9.17, 15) is 14.7 Å². The molecule has 136 valence electrons. The molecule has 6 nitrogen and oxygen atoms in total. The molecule has 3 aromatic rings. The van der Waals surface area contributed by atoms with Crippen molar-refractivity contribution in [1.29, 1.82) is 0 Å². The summed E-state index contributed by atoms with van der Waals surface area (Å²) in [6.45, 7) is 0.0834. The number of furan rings is 2. The van der Waals surface area contributed by atoms with Crippen LogP contribution in [0.25, 0.3) is 5.76 Å². The molecule has 1 saturated heterocycles. The number of Topliss-reactive ketones (excluding diaryl/α,β-unsaturated/α-hetero) is 1. The van der Waals surface area contributed by atoms with Gasteiger partial charge in [0.2, 0.25) is 0 Å². The van der Waals surface area contributed by atoms with E-state index in [1.165, 1.54) is 17.4 Å². The average molecular weight is 428 g/mol. The van der Waals surface area contributed by atoms with Crippen LogP contribution < -0.4 is 0 Å². The van der Waals surface area contributed by atoms with Crippen LogP contribution in [0.2, 0.25) is 0 Å². The van der Waals surface area contributed by atoms with Gasteiger partial charge in [-0.25, -0.2) is 0 Å². The van der Waals surface area contributed by atoms with Crippen molar-refractivity contribution >= 4 is 33.4 Å². The van der Waals surface area contributed by atoms with Crippen LogP contribution in [0, 0.1) is 0 Å². The molecule has 1 unspecified atom stereocenters. The minimum atomic E-state index is -0.839. The van der Waals surface area contributed by atoms with Crippen molar-refractivity contribution in [3.8, 4) is 0 Å². The largest absolute Gasteiger partial charge is 0.507 e. The van der Waals surface area contributed by atoms with Crippen LogP contribution in [-0.2, 0) is 16.1 Å². The Hall–Kier alpha value is -3.06. The molecule has 1 aliphatic heterocycles. The summed E-state index contributed by atoms with van der Waals surface area (Å²) in [5.41, 5.74) is 0.426. The third-order valence-electron chi connectivity index (χ3n) is 4.38. The fraction of sp³-hybridized carbons (Fsp3) is 0.100. The van der Waals surface area contributed by atoms with E-state index in [1.54, 1.807) is 48.5 Å². The van der Waals surface area contributed by atoms with Gasteiger partial charge in [-0.1, -0.05) is 28.1 Å². The first-order valence-corrected chi connectivity index (χ1v) is 8.95. The van der Waals surface area contributed by atoms with E-state index in [0.29, 0.717) is 17.1 Å². The summed E-state index contributed by atoms with van der Waals surface area (Å²) in [6.07, 6.45) is 2.96. The Morgan fingerprint density at radius 2 is 1.74 bits per heavy atom. The second-order valence-electron chi connectivity index (χ2n) is 6.03. The van der Waals surface area contributed by atoms with Crippen molar-refractivity contribution in [3.63, 3.8) is 0 Å². The quantitative estimate of drug-likeness (QED) is 0.382. The van der Waals surface area contributed by atoms with Gasteiger partial charge in [-0.05, 0) is 36.4 Å². The van der Waals surface area contributed by atoms with Crippen LogP contribution in [0.15, 0.2) is 79.9 Å². The molecule has 0 spiro atoms. The predicted octanol–water partition coefficient (Wildman–Crippen LogP) is 4.26. The Morgan fingerprint density at radius 3 is 2.37 bits per heavy atom. The number of nitrogens with zero attached hydrogens (tertiary/aromatic N) is 1. The van der Waals surface area contributed by atoms with Crippen molar-refractivity contribution in [2.45, 2.75) is 12.6 Å². The van der Waals surface area contributed by atoms with Crippen LogP contribution >= 0.6 is 15.9 Å². The van der Waals surface area contributed by atoms with Crippen LogP contribution in [0.4, 0.5) is 0 Å². The molecule has 27 heavy (non-hydrogen) atoms. The SMILES string of the molecule is O=C1C(=O)N(Cc2ccco2)C(c2ccco2)/C1=C(/O)c1ccc(Br)cc1. The lowest BCUT2D eigenvalue weighted by molar-refractivity contribution is -0.140. The van der Waals surface area contributed by atoms with E-state index >= 15 is 0 Å². The molecule has 1 atom stereocenters.